The zero-order chi connectivity index (χ0) is 13.1. The number of aromatic nitrogens is 2. The number of anilines is 2. The van der Waals surface area contributed by atoms with Crippen LogP contribution in [0.25, 0.3) is 0 Å². The Balaban J connectivity index is 2.16. The average molecular weight is 250 g/mol. The lowest BCUT2D eigenvalue weighted by Crippen LogP contribution is -2.39. The average Bonchev–Trinajstić information content (AvgIpc) is 2.38. The molecule has 5 heteroatoms. The van der Waals surface area contributed by atoms with E-state index in [4.69, 9.17) is 0 Å². The van der Waals surface area contributed by atoms with Gasteiger partial charge >= 0.3 is 0 Å². The third kappa shape index (κ3) is 2.90. The van der Waals surface area contributed by atoms with Crippen LogP contribution in [0.3, 0.4) is 0 Å². The number of β-amino-alcohol motifs (C(OH)–C–C–N with tert-alkyl or cyclic N) is 1. The van der Waals surface area contributed by atoms with Crippen LogP contribution in [0.2, 0.25) is 0 Å². The van der Waals surface area contributed by atoms with Crippen molar-refractivity contribution in [2.45, 2.75) is 38.8 Å². The lowest BCUT2D eigenvalue weighted by Gasteiger charge is -2.31. The first kappa shape index (κ1) is 13.1. The van der Waals surface area contributed by atoms with Gasteiger partial charge in [-0.25, -0.2) is 9.97 Å². The van der Waals surface area contributed by atoms with Crippen molar-refractivity contribution in [3.8, 4) is 0 Å². The third-order valence-electron chi connectivity index (χ3n) is 3.49. The highest BCUT2D eigenvalue weighted by Gasteiger charge is 2.19. The van der Waals surface area contributed by atoms with Gasteiger partial charge in [0.25, 0.3) is 0 Å². The molecule has 0 radical (unpaired) electrons. The molecule has 18 heavy (non-hydrogen) atoms. The molecular formula is C13H22N4O. The van der Waals surface area contributed by atoms with Crippen LogP contribution < -0.4 is 9.80 Å². The molecule has 2 heterocycles. The molecule has 1 aliphatic rings. The van der Waals surface area contributed by atoms with E-state index in [1.54, 1.807) is 6.33 Å². The van der Waals surface area contributed by atoms with Gasteiger partial charge in [0.15, 0.2) is 0 Å². The lowest BCUT2D eigenvalue weighted by atomic mass is 10.1. The van der Waals surface area contributed by atoms with Crippen LogP contribution in [-0.4, -0.2) is 47.4 Å². The maximum atomic E-state index is 9.71. The van der Waals surface area contributed by atoms with Crippen molar-refractivity contribution in [2.75, 3.05) is 29.9 Å². The van der Waals surface area contributed by atoms with Crippen molar-refractivity contribution in [1.29, 1.82) is 0 Å². The molecule has 1 unspecified atom stereocenters. The first-order valence-corrected chi connectivity index (χ1v) is 6.56. The Morgan fingerprint density at radius 1 is 1.44 bits per heavy atom. The molecule has 0 amide bonds. The van der Waals surface area contributed by atoms with Gasteiger partial charge in [0.05, 0.1) is 6.10 Å². The molecule has 100 valence electrons. The summed E-state index contributed by atoms with van der Waals surface area (Å²) in [6.45, 7) is 5.89. The molecule has 0 aromatic carbocycles. The molecule has 0 bridgehead atoms. The summed E-state index contributed by atoms with van der Waals surface area (Å²) in [7, 11) is 2.03. The van der Waals surface area contributed by atoms with Crippen molar-refractivity contribution < 1.29 is 5.11 Å². The summed E-state index contributed by atoms with van der Waals surface area (Å²) in [5.74, 6) is 1.83. The lowest BCUT2D eigenvalue weighted by molar-refractivity contribution is 0.154. The Labute approximate surface area is 108 Å². The van der Waals surface area contributed by atoms with E-state index in [-0.39, 0.29) is 6.10 Å². The fraction of sp³-hybridized carbons (Fsp3) is 0.692. The smallest absolute Gasteiger partial charge is 0.134 e. The Kier molecular flexibility index (Phi) is 4.01. The summed E-state index contributed by atoms with van der Waals surface area (Å²) in [5.41, 5.74) is 0. The van der Waals surface area contributed by atoms with E-state index in [2.05, 4.69) is 33.6 Å². The first-order valence-electron chi connectivity index (χ1n) is 6.56. The van der Waals surface area contributed by atoms with Crippen molar-refractivity contribution >= 4 is 11.6 Å². The Hall–Kier alpha value is -1.36. The standard InChI is InChI=1S/C13H22N4O/c1-10(2)16(3)12-7-13(15-9-14-12)17-6-4-5-11(18)8-17/h7,9-11,18H,4-6,8H2,1-3H3. The monoisotopic (exact) mass is 250 g/mol. The highest BCUT2D eigenvalue weighted by Crippen LogP contribution is 2.21. The molecule has 5 nitrogen and oxygen atoms in total. The second kappa shape index (κ2) is 5.52. The number of nitrogens with zero attached hydrogens (tertiary/aromatic N) is 4. The molecule has 1 atom stereocenters. The summed E-state index contributed by atoms with van der Waals surface area (Å²) in [4.78, 5) is 12.9. The van der Waals surface area contributed by atoms with Crippen LogP contribution in [0.4, 0.5) is 11.6 Å². The van der Waals surface area contributed by atoms with Crippen LogP contribution in [0, 0.1) is 0 Å². The second-order valence-electron chi connectivity index (χ2n) is 5.18. The minimum absolute atomic E-state index is 0.236. The first-order chi connectivity index (χ1) is 8.58. The van der Waals surface area contributed by atoms with Gasteiger partial charge in [-0.05, 0) is 26.7 Å². The van der Waals surface area contributed by atoms with Gasteiger partial charge in [0.1, 0.15) is 18.0 Å². The van der Waals surface area contributed by atoms with E-state index < -0.39 is 0 Å². The number of aliphatic hydroxyl groups is 1. The van der Waals surface area contributed by atoms with Gasteiger partial charge < -0.3 is 14.9 Å². The summed E-state index contributed by atoms with van der Waals surface area (Å²) in [5, 5.41) is 9.71. The summed E-state index contributed by atoms with van der Waals surface area (Å²) < 4.78 is 0. The summed E-state index contributed by atoms with van der Waals surface area (Å²) in [6, 6.07) is 2.40. The Morgan fingerprint density at radius 2 is 2.22 bits per heavy atom. The SMILES string of the molecule is CC(C)N(C)c1cc(N2CCCC(O)C2)ncn1. The minimum atomic E-state index is -0.236. The molecule has 0 spiro atoms. The fourth-order valence-corrected chi connectivity index (χ4v) is 2.13. The van der Waals surface area contributed by atoms with Crippen molar-refractivity contribution in [3.63, 3.8) is 0 Å². The molecule has 0 saturated carbocycles. The van der Waals surface area contributed by atoms with Gasteiger partial charge in [0.2, 0.25) is 0 Å². The summed E-state index contributed by atoms with van der Waals surface area (Å²) in [6.07, 6.45) is 3.27. The van der Waals surface area contributed by atoms with E-state index in [0.717, 1.165) is 31.0 Å². The molecule has 0 aliphatic carbocycles. The van der Waals surface area contributed by atoms with Crippen LogP contribution in [0.5, 0.6) is 0 Å². The quantitative estimate of drug-likeness (QED) is 0.876. The largest absolute Gasteiger partial charge is 0.391 e. The topological polar surface area (TPSA) is 52.5 Å². The maximum Gasteiger partial charge on any atom is 0.134 e. The molecule has 1 N–H and O–H groups in total. The normalized spacial score (nSPS) is 20.3. The molecule has 1 aromatic rings. The van der Waals surface area contributed by atoms with Crippen LogP contribution in [0.1, 0.15) is 26.7 Å². The van der Waals surface area contributed by atoms with Gasteiger partial charge in [-0.15, -0.1) is 0 Å². The fourth-order valence-electron chi connectivity index (χ4n) is 2.13. The zero-order valence-corrected chi connectivity index (χ0v) is 11.4. The van der Waals surface area contributed by atoms with E-state index in [9.17, 15) is 5.11 Å². The van der Waals surface area contributed by atoms with E-state index in [1.165, 1.54) is 0 Å². The van der Waals surface area contributed by atoms with Crippen LogP contribution in [-0.2, 0) is 0 Å². The number of aliphatic hydroxyl groups excluding tert-OH is 1. The molecule has 1 fully saturated rings. The van der Waals surface area contributed by atoms with Crippen molar-refractivity contribution in [1.82, 2.24) is 9.97 Å². The zero-order valence-electron chi connectivity index (χ0n) is 11.4. The molecule has 1 saturated heterocycles. The molecule has 1 aliphatic heterocycles. The van der Waals surface area contributed by atoms with Gasteiger partial charge in [-0.2, -0.15) is 0 Å². The van der Waals surface area contributed by atoms with Crippen molar-refractivity contribution in [2.24, 2.45) is 0 Å². The van der Waals surface area contributed by atoms with E-state index in [1.807, 2.05) is 13.1 Å². The molecule has 1 aromatic heterocycles. The van der Waals surface area contributed by atoms with Crippen molar-refractivity contribution in [3.05, 3.63) is 12.4 Å². The van der Waals surface area contributed by atoms with Crippen LogP contribution in [0.15, 0.2) is 12.4 Å². The summed E-state index contributed by atoms with van der Waals surface area (Å²) >= 11 is 0. The number of rotatable bonds is 3. The molecular weight excluding hydrogens is 228 g/mol. The van der Waals surface area contributed by atoms with Crippen LogP contribution >= 0.6 is 0 Å². The van der Waals surface area contributed by atoms with Gasteiger partial charge in [-0.3, -0.25) is 0 Å². The highest BCUT2D eigenvalue weighted by atomic mass is 16.3. The molecule has 2 rings (SSSR count). The Bertz CT molecular complexity index is 396. The second-order valence-corrected chi connectivity index (χ2v) is 5.18. The number of piperidine rings is 1. The van der Waals surface area contributed by atoms with E-state index in [0.29, 0.717) is 12.6 Å². The minimum Gasteiger partial charge on any atom is -0.391 e. The van der Waals surface area contributed by atoms with Gasteiger partial charge in [0, 0.05) is 32.2 Å². The predicted molar refractivity (Wildman–Crippen MR) is 73.0 cm³/mol. The number of hydrogen-bond donors (Lipinski definition) is 1. The number of hydrogen-bond acceptors (Lipinski definition) is 5. The highest BCUT2D eigenvalue weighted by molar-refractivity contribution is 5.50. The predicted octanol–water partition coefficient (Wildman–Crippen LogP) is 1.28. The third-order valence-corrected chi connectivity index (χ3v) is 3.49. The van der Waals surface area contributed by atoms with E-state index >= 15 is 0 Å². The van der Waals surface area contributed by atoms with Gasteiger partial charge in [-0.1, -0.05) is 0 Å². The maximum absolute atomic E-state index is 9.71. The Morgan fingerprint density at radius 3 is 2.89 bits per heavy atom.